The normalized spacial score (nSPS) is 15.0. The molecule has 7 heteroatoms. The molecule has 5 rings (SSSR count). The van der Waals surface area contributed by atoms with E-state index in [1.165, 1.54) is 0 Å². The first-order valence-electron chi connectivity index (χ1n) is 8.42. The lowest BCUT2D eigenvalue weighted by atomic mass is 9.83. The van der Waals surface area contributed by atoms with Gasteiger partial charge in [0.1, 0.15) is 11.4 Å². The average Bonchev–Trinajstić information content (AvgIpc) is 2.66. The minimum Gasteiger partial charge on any atom is -0.508 e. The number of nitrogens with one attached hydrogen (secondary N) is 3. The minimum atomic E-state index is -0.573. The molecule has 2 aromatic heterocycles. The third-order valence-corrected chi connectivity index (χ3v) is 4.84. The van der Waals surface area contributed by atoms with Gasteiger partial charge in [-0.2, -0.15) is 0 Å². The summed E-state index contributed by atoms with van der Waals surface area (Å²) in [5.41, 5.74) is 2.89. The first kappa shape index (κ1) is 15.4. The van der Waals surface area contributed by atoms with E-state index in [0.29, 0.717) is 5.69 Å². The van der Waals surface area contributed by atoms with Crippen molar-refractivity contribution in [1.82, 2.24) is 15.0 Å². The van der Waals surface area contributed by atoms with Crippen LogP contribution in [0.5, 0.6) is 5.75 Å². The van der Waals surface area contributed by atoms with E-state index < -0.39 is 17.2 Å². The molecular formula is C20H14N4O3. The summed E-state index contributed by atoms with van der Waals surface area (Å²) in [5, 5.41) is 14.0. The van der Waals surface area contributed by atoms with Crippen molar-refractivity contribution in [1.29, 1.82) is 0 Å². The highest BCUT2D eigenvalue weighted by Gasteiger charge is 2.31. The Labute approximate surface area is 152 Å². The molecule has 132 valence electrons. The third-order valence-electron chi connectivity index (χ3n) is 4.84. The number of phenols is 1. The number of hydrogen-bond acceptors (Lipinski definition) is 5. The maximum absolute atomic E-state index is 12.5. The Morgan fingerprint density at radius 3 is 2.70 bits per heavy atom. The lowest BCUT2D eigenvalue weighted by Gasteiger charge is -2.29. The van der Waals surface area contributed by atoms with Crippen molar-refractivity contribution < 1.29 is 5.11 Å². The van der Waals surface area contributed by atoms with E-state index in [4.69, 9.17) is 0 Å². The fourth-order valence-electron chi connectivity index (χ4n) is 3.73. The van der Waals surface area contributed by atoms with Gasteiger partial charge in [-0.05, 0) is 41.5 Å². The molecular weight excluding hydrogens is 344 g/mol. The van der Waals surface area contributed by atoms with Gasteiger partial charge in [0.25, 0.3) is 5.56 Å². The second-order valence-corrected chi connectivity index (χ2v) is 6.45. The van der Waals surface area contributed by atoms with E-state index in [2.05, 4.69) is 20.3 Å². The van der Waals surface area contributed by atoms with E-state index in [1.54, 1.807) is 24.4 Å². The zero-order valence-corrected chi connectivity index (χ0v) is 14.0. The molecule has 0 saturated carbocycles. The molecule has 0 radical (unpaired) electrons. The van der Waals surface area contributed by atoms with Crippen LogP contribution in [0.1, 0.15) is 22.7 Å². The predicted octanol–water partition coefficient (Wildman–Crippen LogP) is 2.55. The molecule has 0 aliphatic carbocycles. The van der Waals surface area contributed by atoms with Crippen molar-refractivity contribution in [3.8, 4) is 5.75 Å². The summed E-state index contributed by atoms with van der Waals surface area (Å²) >= 11 is 0. The number of aromatic amines is 2. The fraction of sp³-hybridized carbons (Fsp3) is 0.0500. The smallest absolute Gasteiger partial charge is 0.326 e. The Morgan fingerprint density at radius 2 is 1.85 bits per heavy atom. The molecule has 0 fully saturated rings. The second kappa shape index (κ2) is 5.57. The van der Waals surface area contributed by atoms with E-state index in [0.717, 1.165) is 27.7 Å². The van der Waals surface area contributed by atoms with E-state index >= 15 is 0 Å². The van der Waals surface area contributed by atoms with Gasteiger partial charge in [-0.25, -0.2) is 4.79 Å². The van der Waals surface area contributed by atoms with Crippen LogP contribution in [0.4, 0.5) is 11.4 Å². The first-order valence-corrected chi connectivity index (χ1v) is 8.42. The number of aromatic hydroxyl groups is 1. The Hall–Kier alpha value is -3.87. The van der Waals surface area contributed by atoms with Gasteiger partial charge in [-0.15, -0.1) is 0 Å². The number of H-pyrrole nitrogens is 2. The van der Waals surface area contributed by atoms with Gasteiger partial charge in [-0.1, -0.05) is 18.2 Å². The van der Waals surface area contributed by atoms with Crippen molar-refractivity contribution in [2.75, 3.05) is 5.32 Å². The Morgan fingerprint density at radius 1 is 0.963 bits per heavy atom. The third kappa shape index (κ3) is 2.32. The van der Waals surface area contributed by atoms with Crippen LogP contribution in [-0.4, -0.2) is 20.1 Å². The number of rotatable bonds is 1. The maximum atomic E-state index is 12.5. The molecule has 4 aromatic rings. The lowest BCUT2D eigenvalue weighted by molar-refractivity contribution is 0.474. The number of anilines is 2. The van der Waals surface area contributed by atoms with E-state index in [-0.39, 0.29) is 11.4 Å². The molecule has 1 aliphatic rings. The zero-order chi connectivity index (χ0) is 18.5. The molecule has 2 aromatic carbocycles. The Bertz CT molecular complexity index is 1320. The van der Waals surface area contributed by atoms with Crippen molar-refractivity contribution in [2.45, 2.75) is 5.92 Å². The van der Waals surface area contributed by atoms with Gasteiger partial charge in [0.05, 0.1) is 22.8 Å². The maximum Gasteiger partial charge on any atom is 0.326 e. The lowest BCUT2D eigenvalue weighted by Crippen LogP contribution is -2.31. The topological polar surface area (TPSA) is 111 Å². The number of pyridine rings is 1. The van der Waals surface area contributed by atoms with Crippen molar-refractivity contribution >= 4 is 22.3 Å². The van der Waals surface area contributed by atoms with Gasteiger partial charge in [0.15, 0.2) is 0 Å². The van der Waals surface area contributed by atoms with Gasteiger partial charge >= 0.3 is 5.69 Å². The summed E-state index contributed by atoms with van der Waals surface area (Å²) < 4.78 is 0. The molecule has 3 heterocycles. The van der Waals surface area contributed by atoms with Crippen LogP contribution in [0.15, 0.2) is 64.3 Å². The van der Waals surface area contributed by atoms with E-state index in [9.17, 15) is 14.7 Å². The number of benzene rings is 2. The van der Waals surface area contributed by atoms with Crippen LogP contribution in [0.2, 0.25) is 0 Å². The van der Waals surface area contributed by atoms with Gasteiger partial charge < -0.3 is 15.4 Å². The van der Waals surface area contributed by atoms with Crippen LogP contribution in [0.3, 0.4) is 0 Å². The fourth-order valence-corrected chi connectivity index (χ4v) is 3.73. The van der Waals surface area contributed by atoms with Crippen LogP contribution >= 0.6 is 0 Å². The highest BCUT2D eigenvalue weighted by molar-refractivity contribution is 5.97. The molecule has 0 bridgehead atoms. The van der Waals surface area contributed by atoms with Crippen LogP contribution < -0.4 is 16.6 Å². The summed E-state index contributed by atoms with van der Waals surface area (Å²) in [6.07, 6.45) is 1.71. The van der Waals surface area contributed by atoms with E-state index in [1.807, 2.05) is 30.3 Å². The summed E-state index contributed by atoms with van der Waals surface area (Å²) in [7, 11) is 0. The highest BCUT2D eigenvalue weighted by atomic mass is 16.3. The quantitative estimate of drug-likeness (QED) is 0.368. The summed E-state index contributed by atoms with van der Waals surface area (Å²) in [6, 6.07) is 14.4. The van der Waals surface area contributed by atoms with Gasteiger partial charge in [0, 0.05) is 11.6 Å². The van der Waals surface area contributed by atoms with Crippen LogP contribution in [0.25, 0.3) is 10.9 Å². The monoisotopic (exact) mass is 358 g/mol. The standard InChI is InChI=1S/C20H14N4O3/c25-11-4-1-3-10(9-11)15-13-6-7-14-12(5-2-8-21-14)16(13)22-18-17(15)23-20(27)24-19(18)26/h1-9,15,22,25H,(H2,23,24,26,27). The Balaban J connectivity index is 1.89. The van der Waals surface area contributed by atoms with Crippen LogP contribution in [-0.2, 0) is 0 Å². The molecule has 7 nitrogen and oxygen atoms in total. The molecule has 1 atom stereocenters. The minimum absolute atomic E-state index is 0.115. The van der Waals surface area contributed by atoms with Crippen LogP contribution in [0, 0.1) is 0 Å². The number of aromatic nitrogens is 3. The molecule has 27 heavy (non-hydrogen) atoms. The first-order chi connectivity index (χ1) is 13.1. The number of phenolic OH excluding ortho intramolecular Hbond substituents is 1. The van der Waals surface area contributed by atoms with Crippen molar-refractivity contribution in [3.63, 3.8) is 0 Å². The second-order valence-electron chi connectivity index (χ2n) is 6.45. The zero-order valence-electron chi connectivity index (χ0n) is 14.0. The van der Waals surface area contributed by atoms with Gasteiger partial charge in [-0.3, -0.25) is 14.8 Å². The largest absolute Gasteiger partial charge is 0.508 e. The molecule has 1 aliphatic heterocycles. The van der Waals surface area contributed by atoms with Gasteiger partial charge in [0.2, 0.25) is 0 Å². The average molecular weight is 358 g/mol. The summed E-state index contributed by atoms with van der Waals surface area (Å²) in [5.74, 6) is -0.299. The number of nitrogens with zero attached hydrogens (tertiary/aromatic N) is 1. The highest BCUT2D eigenvalue weighted by Crippen LogP contribution is 2.45. The predicted molar refractivity (Wildman–Crippen MR) is 102 cm³/mol. The molecule has 0 amide bonds. The summed E-state index contributed by atoms with van der Waals surface area (Å²) in [4.78, 5) is 33.8. The molecule has 0 saturated heterocycles. The Kier molecular flexibility index (Phi) is 3.17. The van der Waals surface area contributed by atoms with Crippen molar-refractivity contribution in [2.24, 2.45) is 0 Å². The SMILES string of the molecule is O=c1[nH]c2c(c(=O)[nH]1)Nc1c(ccc3ncccc13)C2c1cccc(O)c1. The number of hydrogen-bond donors (Lipinski definition) is 4. The molecule has 4 N–H and O–H groups in total. The van der Waals surface area contributed by atoms with Crippen molar-refractivity contribution in [3.05, 3.63) is 92.4 Å². The molecule has 1 unspecified atom stereocenters. The molecule has 0 spiro atoms. The summed E-state index contributed by atoms with van der Waals surface area (Å²) in [6.45, 7) is 0. The number of fused-ring (bicyclic) bond motifs is 4.